The van der Waals surface area contributed by atoms with Crippen LogP contribution in [0.4, 0.5) is 0 Å². The smallest absolute Gasteiger partial charge is 0.00104 e. The molecule has 0 N–H and O–H groups in total. The molecule has 0 heterocycles. The lowest BCUT2D eigenvalue weighted by molar-refractivity contribution is 0.935. The second-order valence-corrected chi connectivity index (χ2v) is 4.65. The van der Waals surface area contributed by atoms with Crippen molar-refractivity contribution in [3.63, 3.8) is 0 Å². The van der Waals surface area contributed by atoms with Gasteiger partial charge in [-0.1, -0.05) is 79.7 Å². The molecule has 0 unspecified atom stereocenters. The van der Waals surface area contributed by atoms with Crippen LogP contribution in [0.2, 0.25) is 0 Å². The molecule has 0 amide bonds. The number of hydrogen-bond acceptors (Lipinski definition) is 0. The summed E-state index contributed by atoms with van der Waals surface area (Å²) in [7, 11) is 0. The van der Waals surface area contributed by atoms with Crippen molar-refractivity contribution >= 4 is 0 Å². The summed E-state index contributed by atoms with van der Waals surface area (Å²) >= 11 is 0. The fourth-order valence-electron chi connectivity index (χ4n) is 2.06. The zero-order chi connectivity index (χ0) is 12.6. The van der Waals surface area contributed by atoms with Crippen molar-refractivity contribution in [1.29, 1.82) is 0 Å². The first-order valence-electron chi connectivity index (χ1n) is 6.62. The van der Waals surface area contributed by atoms with Crippen LogP contribution in [0.3, 0.4) is 0 Å². The Labute approximate surface area is 110 Å². The summed E-state index contributed by atoms with van der Waals surface area (Å²) in [5, 5.41) is 0. The van der Waals surface area contributed by atoms with E-state index >= 15 is 0 Å². The minimum atomic E-state index is 0.502. The molecule has 0 aliphatic carbocycles. The van der Waals surface area contributed by atoms with E-state index in [1.165, 1.54) is 11.1 Å². The second kappa shape index (κ2) is 6.80. The van der Waals surface area contributed by atoms with Crippen LogP contribution >= 0.6 is 0 Å². The van der Waals surface area contributed by atoms with Crippen molar-refractivity contribution in [2.24, 2.45) is 0 Å². The molecule has 0 aliphatic rings. The van der Waals surface area contributed by atoms with Crippen LogP contribution in [0.5, 0.6) is 0 Å². The standard InChI is InChI=1S/C18H20/c1-16(18-14-6-3-7-15-18)10-8-9-13-17-11-4-2-5-12-17/h2-8,10-12,14-16H,9,13H2,1H3/b10-8-/t16-/m0/s1. The summed E-state index contributed by atoms with van der Waals surface area (Å²) < 4.78 is 0. The molecule has 0 aromatic heterocycles. The fourth-order valence-corrected chi connectivity index (χ4v) is 2.06. The van der Waals surface area contributed by atoms with E-state index in [0.29, 0.717) is 5.92 Å². The van der Waals surface area contributed by atoms with Gasteiger partial charge in [0.15, 0.2) is 0 Å². The first-order chi connectivity index (χ1) is 8.86. The lowest BCUT2D eigenvalue weighted by atomic mass is 10.00. The van der Waals surface area contributed by atoms with Crippen LogP contribution in [0, 0.1) is 0 Å². The minimum absolute atomic E-state index is 0.502. The molecule has 1 atom stereocenters. The molecule has 92 valence electrons. The zero-order valence-corrected chi connectivity index (χ0v) is 10.9. The summed E-state index contributed by atoms with van der Waals surface area (Å²) in [4.78, 5) is 0. The fraction of sp³-hybridized carbons (Fsp3) is 0.222. The second-order valence-electron chi connectivity index (χ2n) is 4.65. The van der Waals surface area contributed by atoms with Crippen LogP contribution in [0.1, 0.15) is 30.4 Å². The van der Waals surface area contributed by atoms with Gasteiger partial charge in [0, 0.05) is 0 Å². The van der Waals surface area contributed by atoms with E-state index in [0.717, 1.165) is 12.8 Å². The normalized spacial score (nSPS) is 12.7. The Morgan fingerprint density at radius 3 is 2.17 bits per heavy atom. The summed E-state index contributed by atoms with van der Waals surface area (Å²) in [6.07, 6.45) is 6.84. The van der Waals surface area contributed by atoms with Gasteiger partial charge in [0.05, 0.1) is 0 Å². The maximum Gasteiger partial charge on any atom is -0.00104 e. The average molecular weight is 236 g/mol. The lowest BCUT2D eigenvalue weighted by Gasteiger charge is -2.05. The van der Waals surface area contributed by atoms with Crippen molar-refractivity contribution in [3.8, 4) is 0 Å². The van der Waals surface area contributed by atoms with Crippen molar-refractivity contribution in [2.45, 2.75) is 25.7 Å². The monoisotopic (exact) mass is 236 g/mol. The lowest BCUT2D eigenvalue weighted by Crippen LogP contribution is -1.88. The van der Waals surface area contributed by atoms with Crippen LogP contribution in [0.25, 0.3) is 0 Å². The third-order valence-electron chi connectivity index (χ3n) is 3.19. The highest BCUT2D eigenvalue weighted by atomic mass is 14.0. The molecule has 0 fully saturated rings. The third kappa shape index (κ3) is 3.89. The highest BCUT2D eigenvalue weighted by Gasteiger charge is 1.98. The largest absolute Gasteiger partial charge is 0.0876 e. The van der Waals surface area contributed by atoms with E-state index in [9.17, 15) is 0 Å². The molecule has 2 aromatic rings. The molecule has 0 saturated heterocycles. The van der Waals surface area contributed by atoms with Crippen LogP contribution < -0.4 is 0 Å². The first-order valence-corrected chi connectivity index (χ1v) is 6.62. The van der Waals surface area contributed by atoms with Gasteiger partial charge in [-0.3, -0.25) is 0 Å². The van der Waals surface area contributed by atoms with Crippen molar-refractivity contribution in [1.82, 2.24) is 0 Å². The van der Waals surface area contributed by atoms with E-state index in [4.69, 9.17) is 0 Å². The topological polar surface area (TPSA) is 0 Å². The molecular weight excluding hydrogens is 216 g/mol. The highest BCUT2D eigenvalue weighted by molar-refractivity contribution is 5.23. The van der Waals surface area contributed by atoms with Gasteiger partial charge in [-0.15, -0.1) is 0 Å². The average Bonchev–Trinajstić information content (AvgIpc) is 2.45. The SMILES string of the molecule is C[C@@H](/C=C\CCc1ccccc1)c1ccccc1. The molecular formula is C18H20. The van der Waals surface area contributed by atoms with Crippen LogP contribution in [0.15, 0.2) is 72.8 Å². The maximum atomic E-state index is 2.30. The minimum Gasteiger partial charge on any atom is -0.0876 e. The number of rotatable bonds is 5. The molecule has 0 spiro atoms. The predicted molar refractivity (Wildman–Crippen MR) is 78.8 cm³/mol. The van der Waals surface area contributed by atoms with Gasteiger partial charge in [-0.05, 0) is 29.9 Å². The Hall–Kier alpha value is -1.82. The Balaban J connectivity index is 1.82. The van der Waals surface area contributed by atoms with Crippen molar-refractivity contribution in [2.75, 3.05) is 0 Å². The van der Waals surface area contributed by atoms with Crippen LogP contribution in [-0.2, 0) is 6.42 Å². The number of allylic oxidation sites excluding steroid dienone is 2. The Morgan fingerprint density at radius 2 is 1.50 bits per heavy atom. The number of hydrogen-bond donors (Lipinski definition) is 0. The van der Waals surface area contributed by atoms with Crippen molar-refractivity contribution < 1.29 is 0 Å². The van der Waals surface area contributed by atoms with Gasteiger partial charge in [-0.25, -0.2) is 0 Å². The van der Waals surface area contributed by atoms with E-state index in [1.807, 2.05) is 0 Å². The summed E-state index contributed by atoms with van der Waals surface area (Å²) in [6.45, 7) is 2.24. The number of benzene rings is 2. The van der Waals surface area contributed by atoms with Gasteiger partial charge in [0.1, 0.15) is 0 Å². The van der Waals surface area contributed by atoms with Crippen molar-refractivity contribution in [3.05, 3.63) is 83.9 Å². The number of aryl methyl sites for hydroxylation is 1. The Kier molecular flexibility index (Phi) is 4.78. The van der Waals surface area contributed by atoms with E-state index in [1.54, 1.807) is 0 Å². The maximum absolute atomic E-state index is 2.30. The molecule has 18 heavy (non-hydrogen) atoms. The van der Waals surface area contributed by atoms with Gasteiger partial charge in [-0.2, -0.15) is 0 Å². The van der Waals surface area contributed by atoms with Gasteiger partial charge in [0.25, 0.3) is 0 Å². The van der Waals surface area contributed by atoms with Gasteiger partial charge < -0.3 is 0 Å². The quantitative estimate of drug-likeness (QED) is 0.642. The summed E-state index contributed by atoms with van der Waals surface area (Å²) in [6, 6.07) is 21.3. The molecule has 0 radical (unpaired) electrons. The van der Waals surface area contributed by atoms with E-state index in [2.05, 4.69) is 79.7 Å². The summed E-state index contributed by atoms with van der Waals surface area (Å²) in [5.74, 6) is 0.502. The molecule has 2 rings (SSSR count). The van der Waals surface area contributed by atoms with Crippen LogP contribution in [-0.4, -0.2) is 0 Å². The molecule has 0 saturated carbocycles. The third-order valence-corrected chi connectivity index (χ3v) is 3.19. The summed E-state index contributed by atoms with van der Waals surface area (Å²) in [5.41, 5.74) is 2.79. The molecule has 2 aromatic carbocycles. The highest BCUT2D eigenvalue weighted by Crippen LogP contribution is 2.16. The predicted octanol–water partition coefficient (Wildman–Crippen LogP) is 4.98. The molecule has 0 heteroatoms. The molecule has 0 nitrogen and oxygen atoms in total. The molecule has 0 bridgehead atoms. The molecule has 0 aliphatic heterocycles. The van der Waals surface area contributed by atoms with Gasteiger partial charge in [0.2, 0.25) is 0 Å². The Bertz CT molecular complexity index is 468. The zero-order valence-electron chi connectivity index (χ0n) is 10.9. The van der Waals surface area contributed by atoms with E-state index in [-0.39, 0.29) is 0 Å². The van der Waals surface area contributed by atoms with Gasteiger partial charge >= 0.3 is 0 Å². The van der Waals surface area contributed by atoms with E-state index < -0.39 is 0 Å². The first kappa shape index (κ1) is 12.6. The Morgan fingerprint density at radius 1 is 0.889 bits per heavy atom.